The van der Waals surface area contributed by atoms with Crippen molar-refractivity contribution in [2.75, 3.05) is 27.8 Å². The monoisotopic (exact) mass is 263 g/mol. The molecule has 1 N–H and O–H groups in total. The maximum atomic E-state index is 6.14. The first-order valence-electron chi connectivity index (χ1n) is 4.84. The number of ether oxygens (including phenoxy) is 2. The van der Waals surface area contributed by atoms with Crippen molar-refractivity contribution in [1.82, 2.24) is 5.32 Å². The smallest absolute Gasteiger partial charge is 0.138 e. The number of methoxy groups -OCH3 is 2. The van der Waals surface area contributed by atoms with E-state index in [0.717, 1.165) is 5.56 Å². The largest absolute Gasteiger partial charge is 0.495 e. The normalized spacial score (nSPS) is 12.6. The fraction of sp³-hybridized carbons (Fsp3) is 0.455. The molecule has 1 aromatic rings. The fourth-order valence-electron chi connectivity index (χ4n) is 1.45. The summed E-state index contributed by atoms with van der Waals surface area (Å²) in [7, 11) is 5.04. The van der Waals surface area contributed by atoms with E-state index in [0.29, 0.717) is 22.3 Å². The molecule has 3 nitrogen and oxygen atoms in total. The zero-order valence-electron chi connectivity index (χ0n) is 9.51. The second-order valence-corrected chi connectivity index (χ2v) is 4.10. The van der Waals surface area contributed by atoms with Gasteiger partial charge in [0.15, 0.2) is 0 Å². The molecule has 0 radical (unpaired) electrons. The van der Waals surface area contributed by atoms with E-state index >= 15 is 0 Å². The lowest BCUT2D eigenvalue weighted by Crippen LogP contribution is -2.19. The number of likely N-dealkylation sites (N-methyl/N-ethyl adjacent to an activating group) is 1. The van der Waals surface area contributed by atoms with E-state index in [9.17, 15) is 0 Å². The third-order valence-corrected chi connectivity index (χ3v) is 2.91. The molecule has 0 aromatic heterocycles. The van der Waals surface area contributed by atoms with Gasteiger partial charge in [0.25, 0.3) is 0 Å². The molecule has 0 aliphatic rings. The highest BCUT2D eigenvalue weighted by Gasteiger charge is 2.16. The van der Waals surface area contributed by atoms with Gasteiger partial charge in [-0.3, -0.25) is 0 Å². The Kier molecular flexibility index (Phi) is 5.35. The van der Waals surface area contributed by atoms with Crippen LogP contribution in [-0.4, -0.2) is 27.8 Å². The SMILES string of the molecule is CNCC(OC)c1cc(Cl)c(OC)cc1Cl. The summed E-state index contributed by atoms with van der Waals surface area (Å²) in [5.41, 5.74) is 0.851. The summed E-state index contributed by atoms with van der Waals surface area (Å²) in [5.74, 6) is 0.565. The van der Waals surface area contributed by atoms with E-state index in [4.69, 9.17) is 32.7 Å². The van der Waals surface area contributed by atoms with Crippen LogP contribution in [0.2, 0.25) is 10.0 Å². The average Bonchev–Trinajstić information content (AvgIpc) is 2.28. The molecular formula is C11H15Cl2NO2. The predicted octanol–water partition coefficient (Wildman–Crippen LogP) is 2.91. The van der Waals surface area contributed by atoms with Crippen LogP contribution in [0.3, 0.4) is 0 Å². The first-order chi connectivity index (χ1) is 7.63. The van der Waals surface area contributed by atoms with Crippen LogP contribution in [0.5, 0.6) is 5.75 Å². The molecule has 90 valence electrons. The zero-order chi connectivity index (χ0) is 12.1. The molecule has 0 heterocycles. The van der Waals surface area contributed by atoms with Crippen molar-refractivity contribution in [3.63, 3.8) is 0 Å². The maximum absolute atomic E-state index is 6.14. The zero-order valence-corrected chi connectivity index (χ0v) is 11.0. The quantitative estimate of drug-likeness (QED) is 0.887. The molecule has 16 heavy (non-hydrogen) atoms. The van der Waals surface area contributed by atoms with Gasteiger partial charge in [0.2, 0.25) is 0 Å². The van der Waals surface area contributed by atoms with E-state index in [-0.39, 0.29) is 6.10 Å². The Balaban J connectivity index is 3.08. The Bertz CT molecular complexity index is 358. The lowest BCUT2D eigenvalue weighted by Gasteiger charge is -2.18. The molecule has 0 spiro atoms. The topological polar surface area (TPSA) is 30.5 Å². The molecule has 0 saturated heterocycles. The minimum absolute atomic E-state index is 0.124. The van der Waals surface area contributed by atoms with Crippen LogP contribution >= 0.6 is 23.2 Å². The molecule has 1 aromatic carbocycles. The van der Waals surface area contributed by atoms with Crippen LogP contribution in [0, 0.1) is 0 Å². The lowest BCUT2D eigenvalue weighted by atomic mass is 10.1. The van der Waals surface area contributed by atoms with E-state index in [1.807, 2.05) is 7.05 Å². The third kappa shape index (κ3) is 3.01. The Morgan fingerprint density at radius 2 is 1.94 bits per heavy atom. The van der Waals surface area contributed by atoms with Gasteiger partial charge < -0.3 is 14.8 Å². The van der Waals surface area contributed by atoms with E-state index in [1.54, 1.807) is 26.4 Å². The van der Waals surface area contributed by atoms with Gasteiger partial charge in [0.05, 0.1) is 23.3 Å². The van der Waals surface area contributed by atoms with Crippen molar-refractivity contribution < 1.29 is 9.47 Å². The standard InChI is InChI=1S/C11H15Cl2NO2/c1-14-6-11(16-3)7-4-9(13)10(15-2)5-8(7)12/h4-5,11,14H,6H2,1-3H3. The van der Waals surface area contributed by atoms with Crippen molar-refractivity contribution in [2.24, 2.45) is 0 Å². The summed E-state index contributed by atoms with van der Waals surface area (Å²) in [6.45, 7) is 0.666. The van der Waals surface area contributed by atoms with Gasteiger partial charge >= 0.3 is 0 Å². The molecule has 1 rings (SSSR count). The summed E-state index contributed by atoms with van der Waals surface area (Å²) in [4.78, 5) is 0. The summed E-state index contributed by atoms with van der Waals surface area (Å²) >= 11 is 12.2. The van der Waals surface area contributed by atoms with Crippen molar-refractivity contribution in [2.45, 2.75) is 6.10 Å². The minimum atomic E-state index is -0.124. The van der Waals surface area contributed by atoms with Gasteiger partial charge in [-0.1, -0.05) is 23.2 Å². The Hall–Kier alpha value is -0.480. The first kappa shape index (κ1) is 13.6. The van der Waals surface area contributed by atoms with Gasteiger partial charge in [-0.2, -0.15) is 0 Å². The number of benzene rings is 1. The lowest BCUT2D eigenvalue weighted by molar-refractivity contribution is 0.104. The van der Waals surface area contributed by atoms with Gasteiger partial charge in [0, 0.05) is 25.3 Å². The highest BCUT2D eigenvalue weighted by atomic mass is 35.5. The number of nitrogens with one attached hydrogen (secondary N) is 1. The van der Waals surface area contributed by atoms with Crippen LogP contribution in [0.4, 0.5) is 0 Å². The summed E-state index contributed by atoms with van der Waals surface area (Å²) in [6, 6.07) is 3.47. The molecule has 0 amide bonds. The average molecular weight is 264 g/mol. The fourth-order valence-corrected chi connectivity index (χ4v) is 1.98. The predicted molar refractivity (Wildman–Crippen MR) is 66.7 cm³/mol. The molecule has 5 heteroatoms. The Morgan fingerprint density at radius 3 is 2.44 bits per heavy atom. The molecular weight excluding hydrogens is 249 g/mol. The van der Waals surface area contributed by atoms with Crippen molar-refractivity contribution in [1.29, 1.82) is 0 Å². The second-order valence-electron chi connectivity index (χ2n) is 3.29. The van der Waals surface area contributed by atoms with Crippen molar-refractivity contribution in [3.05, 3.63) is 27.7 Å². The minimum Gasteiger partial charge on any atom is -0.495 e. The second kappa shape index (κ2) is 6.30. The van der Waals surface area contributed by atoms with Crippen LogP contribution in [0.15, 0.2) is 12.1 Å². The number of halogens is 2. The molecule has 0 aliphatic heterocycles. The molecule has 0 aliphatic carbocycles. The molecule has 0 bridgehead atoms. The van der Waals surface area contributed by atoms with E-state index in [2.05, 4.69) is 5.32 Å². The first-order valence-corrected chi connectivity index (χ1v) is 5.60. The van der Waals surface area contributed by atoms with Crippen LogP contribution in [-0.2, 0) is 4.74 Å². The number of rotatable bonds is 5. The Morgan fingerprint density at radius 1 is 1.25 bits per heavy atom. The van der Waals surface area contributed by atoms with Crippen LogP contribution in [0.1, 0.15) is 11.7 Å². The highest BCUT2D eigenvalue weighted by molar-refractivity contribution is 6.34. The number of hydrogen-bond acceptors (Lipinski definition) is 3. The molecule has 0 saturated carbocycles. The van der Waals surface area contributed by atoms with Crippen molar-refractivity contribution in [3.8, 4) is 5.75 Å². The van der Waals surface area contributed by atoms with E-state index in [1.165, 1.54) is 0 Å². The molecule has 0 fully saturated rings. The summed E-state index contributed by atoms with van der Waals surface area (Å²) in [6.07, 6.45) is -0.124. The summed E-state index contributed by atoms with van der Waals surface area (Å²) in [5, 5.41) is 4.15. The van der Waals surface area contributed by atoms with Crippen LogP contribution in [0.25, 0.3) is 0 Å². The maximum Gasteiger partial charge on any atom is 0.138 e. The molecule has 1 atom stereocenters. The number of hydrogen-bond donors (Lipinski definition) is 1. The van der Waals surface area contributed by atoms with Crippen LogP contribution < -0.4 is 10.1 Å². The van der Waals surface area contributed by atoms with Crippen molar-refractivity contribution >= 4 is 23.2 Å². The Labute approximate surface area is 106 Å². The van der Waals surface area contributed by atoms with Gasteiger partial charge in [-0.15, -0.1) is 0 Å². The van der Waals surface area contributed by atoms with Gasteiger partial charge in [0.1, 0.15) is 5.75 Å². The third-order valence-electron chi connectivity index (χ3n) is 2.29. The highest BCUT2D eigenvalue weighted by Crippen LogP contribution is 2.34. The molecule has 1 unspecified atom stereocenters. The van der Waals surface area contributed by atoms with Gasteiger partial charge in [-0.05, 0) is 13.1 Å². The summed E-state index contributed by atoms with van der Waals surface area (Å²) < 4.78 is 10.4. The van der Waals surface area contributed by atoms with Gasteiger partial charge in [-0.25, -0.2) is 0 Å². The van der Waals surface area contributed by atoms with E-state index < -0.39 is 0 Å².